The number of carbonyl (C=O) groups is 1. The summed E-state index contributed by atoms with van der Waals surface area (Å²) in [7, 11) is 1.88. The molecule has 0 fully saturated rings. The van der Waals surface area contributed by atoms with Gasteiger partial charge in [0, 0.05) is 13.1 Å². The van der Waals surface area contributed by atoms with Crippen LogP contribution >= 0.6 is 0 Å². The number of para-hydroxylation sites is 1. The standard InChI is InChI=1S/C18H21NO4/c1-19(12-11-18(20)21)13-14-22-15-7-9-17(10-8-15)23-16-5-3-2-4-6-16/h2-10H,11-14H2,1H3,(H,20,21). The summed E-state index contributed by atoms with van der Waals surface area (Å²) in [6, 6.07) is 17.0. The van der Waals surface area contributed by atoms with E-state index in [0.717, 1.165) is 17.2 Å². The molecule has 0 radical (unpaired) electrons. The first-order valence-electron chi connectivity index (χ1n) is 7.49. The first-order valence-corrected chi connectivity index (χ1v) is 7.49. The number of aliphatic carboxylic acids is 1. The van der Waals surface area contributed by atoms with Crippen LogP contribution in [0.2, 0.25) is 0 Å². The number of ether oxygens (including phenoxy) is 2. The lowest BCUT2D eigenvalue weighted by atomic mass is 10.3. The van der Waals surface area contributed by atoms with E-state index in [1.54, 1.807) is 0 Å². The van der Waals surface area contributed by atoms with Gasteiger partial charge in [-0.3, -0.25) is 4.79 Å². The minimum atomic E-state index is -0.785. The smallest absolute Gasteiger partial charge is 0.304 e. The van der Waals surface area contributed by atoms with Crippen molar-refractivity contribution in [3.05, 3.63) is 54.6 Å². The maximum Gasteiger partial charge on any atom is 0.304 e. The molecule has 0 aliphatic heterocycles. The Morgan fingerprint density at radius 3 is 2.22 bits per heavy atom. The van der Waals surface area contributed by atoms with Crippen LogP contribution in [0.5, 0.6) is 17.2 Å². The maximum absolute atomic E-state index is 10.5. The third-order valence-electron chi connectivity index (χ3n) is 3.25. The highest BCUT2D eigenvalue weighted by atomic mass is 16.5. The Hall–Kier alpha value is -2.53. The van der Waals surface area contributed by atoms with E-state index in [9.17, 15) is 4.79 Å². The van der Waals surface area contributed by atoms with Gasteiger partial charge >= 0.3 is 5.97 Å². The van der Waals surface area contributed by atoms with Crippen LogP contribution in [0.3, 0.4) is 0 Å². The number of carboxylic acid groups (broad SMARTS) is 1. The van der Waals surface area contributed by atoms with Crippen LogP contribution < -0.4 is 9.47 Å². The largest absolute Gasteiger partial charge is 0.492 e. The molecule has 0 bridgehead atoms. The van der Waals surface area contributed by atoms with Gasteiger partial charge in [0.05, 0.1) is 6.42 Å². The lowest BCUT2D eigenvalue weighted by Crippen LogP contribution is -2.26. The lowest BCUT2D eigenvalue weighted by molar-refractivity contribution is -0.137. The summed E-state index contributed by atoms with van der Waals surface area (Å²) in [5, 5.41) is 8.63. The van der Waals surface area contributed by atoms with E-state index in [1.807, 2.05) is 66.5 Å². The highest BCUT2D eigenvalue weighted by Crippen LogP contribution is 2.23. The van der Waals surface area contributed by atoms with Gasteiger partial charge < -0.3 is 19.5 Å². The minimum absolute atomic E-state index is 0.141. The summed E-state index contributed by atoms with van der Waals surface area (Å²) in [5.74, 6) is 1.52. The van der Waals surface area contributed by atoms with Crippen LogP contribution in [-0.2, 0) is 4.79 Å². The first kappa shape index (κ1) is 16.8. The van der Waals surface area contributed by atoms with Crippen LogP contribution in [0.1, 0.15) is 6.42 Å². The summed E-state index contributed by atoms with van der Waals surface area (Å²) in [5.41, 5.74) is 0. The third-order valence-corrected chi connectivity index (χ3v) is 3.25. The molecule has 2 aromatic rings. The fourth-order valence-electron chi connectivity index (χ4n) is 1.95. The van der Waals surface area contributed by atoms with Crippen molar-refractivity contribution in [3.8, 4) is 17.2 Å². The van der Waals surface area contributed by atoms with E-state index < -0.39 is 5.97 Å². The average Bonchev–Trinajstić information content (AvgIpc) is 2.55. The number of hydrogen-bond donors (Lipinski definition) is 1. The van der Waals surface area contributed by atoms with E-state index >= 15 is 0 Å². The third kappa shape index (κ3) is 6.40. The van der Waals surface area contributed by atoms with Gasteiger partial charge in [-0.25, -0.2) is 0 Å². The SMILES string of the molecule is CN(CCOc1ccc(Oc2ccccc2)cc1)CCC(=O)O. The van der Waals surface area contributed by atoms with Crippen molar-refractivity contribution >= 4 is 5.97 Å². The van der Waals surface area contributed by atoms with Gasteiger partial charge in [0.15, 0.2) is 0 Å². The van der Waals surface area contributed by atoms with Crippen LogP contribution in [0.4, 0.5) is 0 Å². The number of carboxylic acids is 1. The fourth-order valence-corrected chi connectivity index (χ4v) is 1.95. The van der Waals surface area contributed by atoms with Gasteiger partial charge in [-0.15, -0.1) is 0 Å². The van der Waals surface area contributed by atoms with Gasteiger partial charge in [-0.2, -0.15) is 0 Å². The van der Waals surface area contributed by atoms with E-state index in [0.29, 0.717) is 19.7 Å². The molecule has 2 aromatic carbocycles. The minimum Gasteiger partial charge on any atom is -0.492 e. The Labute approximate surface area is 136 Å². The Morgan fingerprint density at radius 1 is 0.957 bits per heavy atom. The molecule has 2 rings (SSSR count). The predicted octanol–water partition coefficient (Wildman–Crippen LogP) is 3.26. The van der Waals surface area contributed by atoms with Crippen LogP contribution in [0, 0.1) is 0 Å². The lowest BCUT2D eigenvalue weighted by Gasteiger charge is -2.15. The van der Waals surface area contributed by atoms with E-state index in [4.69, 9.17) is 14.6 Å². The molecule has 5 heteroatoms. The van der Waals surface area contributed by atoms with Crippen molar-refractivity contribution in [2.45, 2.75) is 6.42 Å². The van der Waals surface area contributed by atoms with Gasteiger partial charge in [-0.1, -0.05) is 18.2 Å². The molecule has 5 nitrogen and oxygen atoms in total. The van der Waals surface area contributed by atoms with Crippen molar-refractivity contribution < 1.29 is 19.4 Å². The van der Waals surface area contributed by atoms with Gasteiger partial charge in [0.25, 0.3) is 0 Å². The van der Waals surface area contributed by atoms with Crippen molar-refractivity contribution in [3.63, 3.8) is 0 Å². The number of hydrogen-bond acceptors (Lipinski definition) is 4. The van der Waals surface area contributed by atoms with Gasteiger partial charge in [0.2, 0.25) is 0 Å². The van der Waals surface area contributed by atoms with E-state index in [-0.39, 0.29) is 6.42 Å². The summed E-state index contributed by atoms with van der Waals surface area (Å²) in [4.78, 5) is 12.4. The zero-order chi connectivity index (χ0) is 16.5. The molecule has 0 atom stereocenters. The highest BCUT2D eigenvalue weighted by Gasteiger charge is 2.03. The van der Waals surface area contributed by atoms with Crippen LogP contribution in [0.25, 0.3) is 0 Å². The molecule has 0 aromatic heterocycles. The van der Waals surface area contributed by atoms with Crippen LogP contribution in [-0.4, -0.2) is 42.7 Å². The highest BCUT2D eigenvalue weighted by molar-refractivity contribution is 5.66. The van der Waals surface area contributed by atoms with Crippen molar-refractivity contribution in [2.24, 2.45) is 0 Å². The maximum atomic E-state index is 10.5. The number of nitrogens with zero attached hydrogens (tertiary/aromatic N) is 1. The van der Waals surface area contributed by atoms with Gasteiger partial charge in [-0.05, 0) is 43.4 Å². The quantitative estimate of drug-likeness (QED) is 0.769. The molecule has 0 aliphatic rings. The molecular weight excluding hydrogens is 294 g/mol. The molecule has 0 aliphatic carbocycles. The fraction of sp³-hybridized carbons (Fsp3) is 0.278. The zero-order valence-corrected chi connectivity index (χ0v) is 13.1. The second kappa shape index (κ2) is 8.80. The Kier molecular flexibility index (Phi) is 6.44. The van der Waals surface area contributed by atoms with Gasteiger partial charge in [0.1, 0.15) is 23.9 Å². The Morgan fingerprint density at radius 2 is 1.57 bits per heavy atom. The molecular formula is C18H21NO4. The molecule has 1 N–H and O–H groups in total. The Bertz CT molecular complexity index is 598. The van der Waals surface area contributed by atoms with Crippen molar-refractivity contribution in [1.29, 1.82) is 0 Å². The molecule has 122 valence electrons. The molecule has 23 heavy (non-hydrogen) atoms. The topological polar surface area (TPSA) is 59.0 Å². The average molecular weight is 315 g/mol. The molecule has 0 saturated heterocycles. The number of likely N-dealkylation sites (N-methyl/N-ethyl adjacent to an activating group) is 1. The predicted molar refractivity (Wildman–Crippen MR) is 88.2 cm³/mol. The second-order valence-corrected chi connectivity index (χ2v) is 5.18. The number of rotatable bonds is 9. The monoisotopic (exact) mass is 315 g/mol. The molecule has 0 heterocycles. The van der Waals surface area contributed by atoms with Crippen molar-refractivity contribution in [2.75, 3.05) is 26.7 Å². The zero-order valence-electron chi connectivity index (χ0n) is 13.1. The molecule has 0 amide bonds. The molecule has 0 saturated carbocycles. The summed E-state index contributed by atoms with van der Waals surface area (Å²) < 4.78 is 11.4. The van der Waals surface area contributed by atoms with E-state index in [2.05, 4.69) is 0 Å². The van der Waals surface area contributed by atoms with Crippen molar-refractivity contribution in [1.82, 2.24) is 4.90 Å². The first-order chi connectivity index (χ1) is 11.1. The Balaban J connectivity index is 1.73. The van der Waals surface area contributed by atoms with E-state index in [1.165, 1.54) is 0 Å². The molecule has 0 unspecified atom stereocenters. The number of benzene rings is 2. The summed E-state index contributed by atoms with van der Waals surface area (Å²) in [6.45, 7) is 1.70. The second-order valence-electron chi connectivity index (χ2n) is 5.18. The normalized spacial score (nSPS) is 10.5. The van der Waals surface area contributed by atoms with Crippen LogP contribution in [0.15, 0.2) is 54.6 Å². The molecule has 0 spiro atoms. The summed E-state index contributed by atoms with van der Waals surface area (Å²) >= 11 is 0. The summed E-state index contributed by atoms with van der Waals surface area (Å²) in [6.07, 6.45) is 0.141.